The molecule has 1 aromatic carbocycles. The smallest absolute Gasteiger partial charge is 0.335 e. The van der Waals surface area contributed by atoms with E-state index in [2.05, 4.69) is 15.9 Å². The SMILES string of the molecule is Cc1cc(Br)c(S(=O)(=O)C(C)C)cc1C(=O)O. The highest BCUT2D eigenvalue weighted by Gasteiger charge is 2.24. The number of benzene rings is 1. The number of hydrogen-bond acceptors (Lipinski definition) is 3. The van der Waals surface area contributed by atoms with E-state index in [9.17, 15) is 13.2 Å². The van der Waals surface area contributed by atoms with Crippen molar-refractivity contribution in [3.63, 3.8) is 0 Å². The Hall–Kier alpha value is -0.880. The third kappa shape index (κ3) is 2.69. The summed E-state index contributed by atoms with van der Waals surface area (Å²) in [6.45, 7) is 4.74. The molecule has 0 heterocycles. The first-order valence-electron chi connectivity index (χ1n) is 4.95. The first kappa shape index (κ1) is 14.2. The summed E-state index contributed by atoms with van der Waals surface area (Å²) in [7, 11) is -3.49. The maximum Gasteiger partial charge on any atom is 0.335 e. The topological polar surface area (TPSA) is 71.4 Å². The van der Waals surface area contributed by atoms with Crippen molar-refractivity contribution >= 4 is 31.7 Å². The van der Waals surface area contributed by atoms with E-state index >= 15 is 0 Å². The molecule has 0 aromatic heterocycles. The molecule has 0 saturated carbocycles. The summed E-state index contributed by atoms with van der Waals surface area (Å²) < 4.78 is 24.4. The van der Waals surface area contributed by atoms with Gasteiger partial charge in [0.05, 0.1) is 15.7 Å². The zero-order chi connectivity index (χ0) is 13.4. The second kappa shape index (κ2) is 4.78. The molecule has 0 radical (unpaired) electrons. The van der Waals surface area contributed by atoms with Crippen LogP contribution in [-0.2, 0) is 9.84 Å². The number of aromatic carboxylic acids is 1. The van der Waals surface area contributed by atoms with Crippen molar-refractivity contribution in [2.24, 2.45) is 0 Å². The van der Waals surface area contributed by atoms with Gasteiger partial charge in [0.1, 0.15) is 0 Å². The van der Waals surface area contributed by atoms with Crippen LogP contribution < -0.4 is 0 Å². The van der Waals surface area contributed by atoms with Gasteiger partial charge in [-0.1, -0.05) is 0 Å². The second-order valence-corrected chi connectivity index (χ2v) is 7.32. The Morgan fingerprint density at radius 2 is 1.88 bits per heavy atom. The summed E-state index contributed by atoms with van der Waals surface area (Å²) in [5.74, 6) is -1.13. The second-order valence-electron chi connectivity index (χ2n) is 4.00. The number of carboxylic acid groups (broad SMARTS) is 1. The number of hydrogen-bond donors (Lipinski definition) is 1. The van der Waals surface area contributed by atoms with E-state index in [1.54, 1.807) is 20.8 Å². The van der Waals surface area contributed by atoms with Crippen LogP contribution in [0.4, 0.5) is 0 Å². The predicted octanol–water partition coefficient (Wildman–Crippen LogP) is 2.64. The number of carbonyl (C=O) groups is 1. The standard InChI is InChI=1S/C11H13BrO4S/c1-6(2)17(15,16)10-5-8(11(13)14)7(3)4-9(10)12/h4-6H,1-3H3,(H,13,14). The quantitative estimate of drug-likeness (QED) is 0.929. The highest BCUT2D eigenvalue weighted by Crippen LogP contribution is 2.28. The normalized spacial score (nSPS) is 11.8. The zero-order valence-corrected chi connectivity index (χ0v) is 12.1. The first-order chi connectivity index (χ1) is 7.67. The fourth-order valence-corrected chi connectivity index (χ4v) is 3.61. The molecular weight excluding hydrogens is 308 g/mol. The summed E-state index contributed by atoms with van der Waals surface area (Å²) >= 11 is 3.16. The molecule has 1 aromatic rings. The van der Waals surface area contributed by atoms with Crippen molar-refractivity contribution in [2.75, 3.05) is 0 Å². The van der Waals surface area contributed by atoms with Crippen LogP contribution in [0.5, 0.6) is 0 Å². The highest BCUT2D eigenvalue weighted by atomic mass is 79.9. The van der Waals surface area contributed by atoms with E-state index in [4.69, 9.17) is 5.11 Å². The molecule has 6 heteroatoms. The Balaban J connectivity index is 3.57. The lowest BCUT2D eigenvalue weighted by Crippen LogP contribution is -2.16. The van der Waals surface area contributed by atoms with E-state index in [1.807, 2.05) is 0 Å². The first-order valence-corrected chi connectivity index (χ1v) is 7.29. The Kier molecular flexibility index (Phi) is 3.99. The Morgan fingerprint density at radius 3 is 2.29 bits per heavy atom. The molecule has 0 bridgehead atoms. The average molecular weight is 321 g/mol. The zero-order valence-electron chi connectivity index (χ0n) is 9.69. The summed E-state index contributed by atoms with van der Waals surface area (Å²) in [4.78, 5) is 11.0. The lowest BCUT2D eigenvalue weighted by molar-refractivity contribution is 0.0696. The molecule has 1 rings (SSSR count). The lowest BCUT2D eigenvalue weighted by Gasteiger charge is -2.12. The van der Waals surface area contributed by atoms with Crippen LogP contribution in [0.25, 0.3) is 0 Å². The van der Waals surface area contributed by atoms with Gasteiger partial charge in [0.2, 0.25) is 0 Å². The largest absolute Gasteiger partial charge is 0.478 e. The third-order valence-electron chi connectivity index (χ3n) is 2.44. The molecule has 0 aliphatic heterocycles. The van der Waals surface area contributed by atoms with Gasteiger partial charge in [-0.05, 0) is 54.4 Å². The molecule has 17 heavy (non-hydrogen) atoms. The minimum atomic E-state index is -3.49. The summed E-state index contributed by atoms with van der Waals surface area (Å²) in [5, 5.41) is 8.38. The van der Waals surface area contributed by atoms with Crippen LogP contribution in [0, 0.1) is 6.92 Å². The van der Waals surface area contributed by atoms with Gasteiger partial charge in [0.15, 0.2) is 9.84 Å². The monoisotopic (exact) mass is 320 g/mol. The molecule has 0 atom stereocenters. The summed E-state index contributed by atoms with van der Waals surface area (Å²) in [6.07, 6.45) is 0. The van der Waals surface area contributed by atoms with E-state index in [0.717, 1.165) is 0 Å². The molecule has 0 aliphatic rings. The van der Waals surface area contributed by atoms with E-state index < -0.39 is 21.1 Å². The van der Waals surface area contributed by atoms with Crippen LogP contribution in [0.15, 0.2) is 21.5 Å². The number of sulfone groups is 1. The molecular formula is C11H13BrO4S. The third-order valence-corrected chi connectivity index (χ3v) is 5.55. The van der Waals surface area contributed by atoms with Gasteiger partial charge < -0.3 is 5.11 Å². The maximum atomic E-state index is 12.0. The molecule has 4 nitrogen and oxygen atoms in total. The van der Waals surface area contributed by atoms with E-state index in [-0.39, 0.29) is 10.5 Å². The van der Waals surface area contributed by atoms with Gasteiger partial charge in [-0.2, -0.15) is 0 Å². The molecule has 0 spiro atoms. The van der Waals surface area contributed by atoms with Crippen LogP contribution >= 0.6 is 15.9 Å². The molecule has 0 fully saturated rings. The Bertz CT molecular complexity index is 561. The number of aryl methyl sites for hydroxylation is 1. The number of carboxylic acids is 1. The Labute approximate surface area is 109 Å². The lowest BCUT2D eigenvalue weighted by atomic mass is 10.1. The fourth-order valence-electron chi connectivity index (χ4n) is 1.36. The van der Waals surface area contributed by atoms with Gasteiger partial charge >= 0.3 is 5.97 Å². The van der Waals surface area contributed by atoms with Gasteiger partial charge in [-0.15, -0.1) is 0 Å². The summed E-state index contributed by atoms with van der Waals surface area (Å²) in [6, 6.07) is 2.72. The molecule has 0 unspecified atom stereocenters. The minimum Gasteiger partial charge on any atom is -0.478 e. The van der Waals surface area contributed by atoms with Crippen LogP contribution in [0.1, 0.15) is 29.8 Å². The molecule has 0 aliphatic carbocycles. The molecule has 1 N–H and O–H groups in total. The van der Waals surface area contributed by atoms with Crippen molar-refractivity contribution in [1.29, 1.82) is 0 Å². The predicted molar refractivity (Wildman–Crippen MR) is 68.2 cm³/mol. The van der Waals surface area contributed by atoms with Gasteiger partial charge in [-0.25, -0.2) is 13.2 Å². The van der Waals surface area contributed by atoms with Gasteiger partial charge in [0, 0.05) is 4.47 Å². The van der Waals surface area contributed by atoms with Gasteiger partial charge in [-0.3, -0.25) is 0 Å². The Morgan fingerprint density at radius 1 is 1.35 bits per heavy atom. The fraction of sp³-hybridized carbons (Fsp3) is 0.364. The van der Waals surface area contributed by atoms with Crippen molar-refractivity contribution in [3.05, 3.63) is 27.7 Å². The number of halogens is 1. The van der Waals surface area contributed by atoms with E-state index in [0.29, 0.717) is 10.0 Å². The van der Waals surface area contributed by atoms with Crippen LogP contribution in [-0.4, -0.2) is 24.7 Å². The van der Waals surface area contributed by atoms with Crippen molar-refractivity contribution in [3.8, 4) is 0 Å². The molecule has 94 valence electrons. The highest BCUT2D eigenvalue weighted by molar-refractivity contribution is 9.10. The average Bonchev–Trinajstić information content (AvgIpc) is 2.15. The van der Waals surface area contributed by atoms with Crippen molar-refractivity contribution < 1.29 is 18.3 Å². The minimum absolute atomic E-state index is 0.00688. The van der Waals surface area contributed by atoms with E-state index in [1.165, 1.54) is 12.1 Å². The van der Waals surface area contributed by atoms with Crippen molar-refractivity contribution in [2.45, 2.75) is 30.9 Å². The maximum absolute atomic E-state index is 12.0. The van der Waals surface area contributed by atoms with Crippen LogP contribution in [0.2, 0.25) is 0 Å². The van der Waals surface area contributed by atoms with Crippen LogP contribution in [0.3, 0.4) is 0 Å². The molecule has 0 amide bonds. The van der Waals surface area contributed by atoms with Crippen molar-refractivity contribution in [1.82, 2.24) is 0 Å². The van der Waals surface area contributed by atoms with Gasteiger partial charge in [0.25, 0.3) is 0 Å². The summed E-state index contributed by atoms with van der Waals surface area (Å²) in [5.41, 5.74) is 0.527. The molecule has 0 saturated heterocycles. The number of rotatable bonds is 3.